The maximum absolute atomic E-state index is 13.1. The second kappa shape index (κ2) is 15.5. The van der Waals surface area contributed by atoms with Crippen molar-refractivity contribution in [3.05, 3.63) is 52.7 Å². The number of ether oxygens (including phenoxy) is 7. The van der Waals surface area contributed by atoms with Crippen molar-refractivity contribution in [3.63, 3.8) is 0 Å². The number of rotatable bonds is 9. The van der Waals surface area contributed by atoms with Gasteiger partial charge >= 0.3 is 0 Å². The lowest BCUT2D eigenvalue weighted by atomic mass is 9.97. The first-order valence-electron chi connectivity index (χ1n) is 16.5. The molecule has 0 saturated carbocycles. The van der Waals surface area contributed by atoms with Gasteiger partial charge in [-0.15, -0.1) is 0 Å². The van der Waals surface area contributed by atoms with Crippen LogP contribution in [0.2, 0.25) is 0 Å². The van der Waals surface area contributed by atoms with E-state index in [0.717, 1.165) is 0 Å². The van der Waals surface area contributed by atoms with Crippen LogP contribution in [-0.2, 0) is 23.7 Å². The van der Waals surface area contributed by atoms with Gasteiger partial charge in [-0.1, -0.05) is 30.3 Å². The summed E-state index contributed by atoms with van der Waals surface area (Å²) in [6.07, 6.45) is -22.7. The fourth-order valence-corrected chi connectivity index (χ4v) is 6.36. The predicted octanol–water partition coefficient (Wildman–Crippen LogP) is -1.94. The van der Waals surface area contributed by atoms with Gasteiger partial charge in [0.25, 0.3) is 0 Å². The smallest absolute Gasteiger partial charge is 0.235 e. The van der Waals surface area contributed by atoms with Gasteiger partial charge in [-0.2, -0.15) is 0 Å². The van der Waals surface area contributed by atoms with Gasteiger partial charge in [0.2, 0.25) is 23.2 Å². The normalized spacial score (nSPS) is 38.2. The number of benzene rings is 2. The number of aliphatic hydroxyl groups is 8. The molecule has 18 nitrogen and oxygen atoms in total. The molecular formula is C34H42O18. The summed E-state index contributed by atoms with van der Waals surface area (Å²) in [7, 11) is 1.27. The molecule has 6 rings (SSSR count). The van der Waals surface area contributed by atoms with Crippen LogP contribution < -0.4 is 14.9 Å². The second-order valence-electron chi connectivity index (χ2n) is 12.9. The molecule has 3 fully saturated rings. The Morgan fingerprint density at radius 2 is 1.33 bits per heavy atom. The third kappa shape index (κ3) is 7.10. The molecule has 4 heterocycles. The van der Waals surface area contributed by atoms with Crippen LogP contribution in [0, 0.1) is 0 Å². The van der Waals surface area contributed by atoms with Crippen LogP contribution in [0.4, 0.5) is 0 Å². The highest BCUT2D eigenvalue weighted by Crippen LogP contribution is 2.40. The minimum Gasteiger partial charge on any atom is -0.502 e. The Morgan fingerprint density at radius 3 is 2.02 bits per heavy atom. The monoisotopic (exact) mass is 738 g/mol. The van der Waals surface area contributed by atoms with Crippen LogP contribution in [0.25, 0.3) is 22.3 Å². The molecule has 2 aromatic carbocycles. The van der Waals surface area contributed by atoms with E-state index >= 15 is 0 Å². The number of hydrogen-bond acceptors (Lipinski definition) is 18. The molecule has 0 spiro atoms. The quantitative estimate of drug-likeness (QED) is 0.115. The van der Waals surface area contributed by atoms with Gasteiger partial charge < -0.3 is 83.5 Å². The lowest BCUT2D eigenvalue weighted by Crippen LogP contribution is -2.63. The van der Waals surface area contributed by atoms with Crippen LogP contribution in [0.5, 0.6) is 17.2 Å². The molecular weight excluding hydrogens is 696 g/mol. The number of aromatic hydroxyl groups is 1. The highest BCUT2D eigenvalue weighted by atomic mass is 16.7. The topological polar surface area (TPSA) is 277 Å². The fourth-order valence-electron chi connectivity index (χ4n) is 6.36. The van der Waals surface area contributed by atoms with Crippen molar-refractivity contribution in [1.29, 1.82) is 0 Å². The second-order valence-corrected chi connectivity index (χ2v) is 12.9. The number of fused-ring (bicyclic) bond motifs is 1. The van der Waals surface area contributed by atoms with Crippen molar-refractivity contribution in [2.45, 2.75) is 106 Å². The van der Waals surface area contributed by atoms with Gasteiger partial charge in [-0.05, 0) is 26.0 Å². The van der Waals surface area contributed by atoms with E-state index in [9.17, 15) is 50.8 Å². The first kappa shape index (κ1) is 38.3. The number of aliphatic hydroxyl groups excluding tert-OH is 8. The van der Waals surface area contributed by atoms with E-state index in [1.165, 1.54) is 33.1 Å². The standard InChI is InChI=1S/C34H42O18/c1-12-18(35)21(38)25(42)33(47-12)52-28-13(2)48-32(27(44)24(28)41)46-11-17-20(37)22(39)26(43)34(50-17)49-16-10-9-15-19(36)23(40)29(14-7-5-4-6-8-14)51-30(15)31(16)45-3/h4-10,12-13,17-18,20-22,24-28,32-35,37-44H,11H2,1-3H3/t12-,13+,17-,18+,20+,21-,22+,24+,25+,26+,27+,28+,32-,33+,34-/m1/s1. The summed E-state index contributed by atoms with van der Waals surface area (Å²) >= 11 is 0. The van der Waals surface area contributed by atoms with E-state index in [2.05, 4.69) is 0 Å². The van der Waals surface area contributed by atoms with Crippen LogP contribution >= 0.6 is 0 Å². The minimum atomic E-state index is -1.82. The van der Waals surface area contributed by atoms with E-state index in [1.807, 2.05) is 0 Å². The summed E-state index contributed by atoms with van der Waals surface area (Å²) in [4.78, 5) is 13.1. The summed E-state index contributed by atoms with van der Waals surface area (Å²) in [5, 5.41) is 94.8. The third-order valence-electron chi connectivity index (χ3n) is 9.41. The van der Waals surface area contributed by atoms with E-state index in [-0.39, 0.29) is 28.2 Å². The molecule has 3 saturated heterocycles. The molecule has 18 heteroatoms. The van der Waals surface area contributed by atoms with Crippen molar-refractivity contribution < 1.29 is 83.5 Å². The van der Waals surface area contributed by atoms with Crippen LogP contribution in [0.15, 0.2) is 51.7 Å². The van der Waals surface area contributed by atoms with Gasteiger partial charge in [0.1, 0.15) is 61.0 Å². The molecule has 0 unspecified atom stereocenters. The largest absolute Gasteiger partial charge is 0.502 e. The van der Waals surface area contributed by atoms with Crippen molar-refractivity contribution in [2.75, 3.05) is 13.7 Å². The molecule has 3 aliphatic rings. The molecule has 3 aromatic rings. The molecule has 52 heavy (non-hydrogen) atoms. The Labute approximate surface area is 295 Å². The van der Waals surface area contributed by atoms with Gasteiger partial charge in [-0.25, -0.2) is 0 Å². The Balaban J connectivity index is 1.15. The van der Waals surface area contributed by atoms with Gasteiger partial charge in [0.15, 0.2) is 29.7 Å². The van der Waals surface area contributed by atoms with E-state index in [1.54, 1.807) is 30.3 Å². The van der Waals surface area contributed by atoms with Crippen molar-refractivity contribution in [2.24, 2.45) is 0 Å². The SMILES string of the molecule is COc1c(O[C@@H]2O[C@H](CO[C@@H]3O[C@@H](C)[C@H](O[C@@H]4O[C@H](C)[C@H](O)[C@@H](O)[C@@H]4O)[C@@H](O)[C@@H]3O)[C@H](O)[C@H](O)[C@@H]2O)ccc2c(=O)c(O)c(-c3ccccc3)oc12. The predicted molar refractivity (Wildman–Crippen MR) is 173 cm³/mol. The zero-order chi connectivity index (χ0) is 37.6. The van der Waals surface area contributed by atoms with Gasteiger partial charge in [0.05, 0.1) is 31.3 Å². The molecule has 0 bridgehead atoms. The maximum Gasteiger partial charge on any atom is 0.235 e. The Kier molecular flexibility index (Phi) is 11.4. The molecule has 0 aliphatic carbocycles. The average molecular weight is 739 g/mol. The Bertz CT molecular complexity index is 1740. The molecule has 1 aromatic heterocycles. The first-order chi connectivity index (χ1) is 24.7. The van der Waals surface area contributed by atoms with Crippen molar-refractivity contribution in [1.82, 2.24) is 0 Å². The first-order valence-corrected chi connectivity index (χ1v) is 16.5. The van der Waals surface area contributed by atoms with Gasteiger partial charge in [-0.3, -0.25) is 4.79 Å². The van der Waals surface area contributed by atoms with E-state index < -0.39 is 110 Å². The van der Waals surface area contributed by atoms with Crippen molar-refractivity contribution in [3.8, 4) is 28.6 Å². The molecule has 15 atom stereocenters. The van der Waals surface area contributed by atoms with Crippen LogP contribution in [0.3, 0.4) is 0 Å². The third-order valence-corrected chi connectivity index (χ3v) is 9.41. The Morgan fingerprint density at radius 1 is 0.692 bits per heavy atom. The summed E-state index contributed by atoms with van der Waals surface area (Å²) in [5.41, 5.74) is -0.437. The van der Waals surface area contributed by atoms with Crippen molar-refractivity contribution >= 4 is 11.0 Å². The molecule has 0 amide bonds. The lowest BCUT2D eigenvalue weighted by Gasteiger charge is -2.46. The lowest BCUT2D eigenvalue weighted by molar-refractivity contribution is -0.357. The highest BCUT2D eigenvalue weighted by Gasteiger charge is 2.50. The zero-order valence-corrected chi connectivity index (χ0v) is 28.1. The zero-order valence-electron chi connectivity index (χ0n) is 28.1. The molecule has 3 aliphatic heterocycles. The average Bonchev–Trinajstić information content (AvgIpc) is 3.14. The molecule has 9 N–H and O–H groups in total. The molecule has 0 radical (unpaired) electrons. The Hall–Kier alpha value is -3.47. The summed E-state index contributed by atoms with van der Waals surface area (Å²) in [6, 6.07) is 11.0. The fraction of sp³-hybridized carbons (Fsp3) is 0.559. The number of methoxy groups -OCH3 is 1. The maximum atomic E-state index is 13.1. The van der Waals surface area contributed by atoms with E-state index in [4.69, 9.17) is 37.6 Å². The summed E-state index contributed by atoms with van der Waals surface area (Å²) < 4.78 is 45.5. The van der Waals surface area contributed by atoms with E-state index in [0.29, 0.717) is 5.56 Å². The number of hydrogen-bond donors (Lipinski definition) is 9. The highest BCUT2D eigenvalue weighted by molar-refractivity contribution is 5.88. The summed E-state index contributed by atoms with van der Waals surface area (Å²) in [5.74, 6) is -0.964. The van der Waals surface area contributed by atoms with Crippen LogP contribution in [0.1, 0.15) is 13.8 Å². The summed E-state index contributed by atoms with van der Waals surface area (Å²) in [6.45, 7) is 2.36. The minimum absolute atomic E-state index is 0.0447. The van der Waals surface area contributed by atoms with Crippen LogP contribution in [-0.4, -0.2) is 152 Å². The molecule has 286 valence electrons. The van der Waals surface area contributed by atoms with Gasteiger partial charge in [0, 0.05) is 5.56 Å².